The molecule has 7 heteroatoms. The van der Waals surface area contributed by atoms with Crippen LogP contribution in [0.25, 0.3) is 22.1 Å². The first-order valence-electron chi connectivity index (χ1n) is 7.23. The largest absolute Gasteiger partial charge is 0.494 e. The highest BCUT2D eigenvalue weighted by Crippen LogP contribution is 2.48. The van der Waals surface area contributed by atoms with Crippen molar-refractivity contribution in [1.29, 1.82) is 0 Å². The van der Waals surface area contributed by atoms with E-state index in [2.05, 4.69) is 0 Å². The Balaban J connectivity index is 2.40. The quantitative estimate of drug-likeness (QED) is 0.608. The molecule has 25 heavy (non-hydrogen) atoms. The highest BCUT2D eigenvalue weighted by Gasteiger charge is 2.24. The Kier molecular flexibility index (Phi) is 4.79. The number of ether oxygens (including phenoxy) is 3. The molecule has 2 aromatic carbocycles. The van der Waals surface area contributed by atoms with Gasteiger partial charge in [-0.05, 0) is 23.8 Å². The monoisotopic (exact) mass is 380 g/mol. The van der Waals surface area contributed by atoms with Crippen molar-refractivity contribution in [3.05, 3.63) is 50.8 Å². The molecule has 0 spiro atoms. The summed E-state index contributed by atoms with van der Waals surface area (Å²) in [4.78, 5) is 12.5. The van der Waals surface area contributed by atoms with Crippen LogP contribution in [-0.4, -0.2) is 21.3 Å². The van der Waals surface area contributed by atoms with Crippen molar-refractivity contribution in [2.75, 3.05) is 21.3 Å². The second-order valence-corrected chi connectivity index (χ2v) is 5.93. The number of benzene rings is 2. The highest BCUT2D eigenvalue weighted by molar-refractivity contribution is 6.35. The summed E-state index contributed by atoms with van der Waals surface area (Å²) >= 11 is 12.3. The van der Waals surface area contributed by atoms with Crippen LogP contribution in [0.5, 0.6) is 17.2 Å². The number of hydrogen-bond donors (Lipinski definition) is 0. The van der Waals surface area contributed by atoms with Crippen LogP contribution in [0.15, 0.2) is 39.5 Å². The first kappa shape index (κ1) is 17.5. The van der Waals surface area contributed by atoms with Crippen LogP contribution >= 0.6 is 23.2 Å². The van der Waals surface area contributed by atoms with Crippen molar-refractivity contribution in [3.8, 4) is 28.4 Å². The summed E-state index contributed by atoms with van der Waals surface area (Å²) in [6.07, 6.45) is 0. The zero-order chi connectivity index (χ0) is 18.1. The van der Waals surface area contributed by atoms with Gasteiger partial charge in [-0.3, -0.25) is 0 Å². The fourth-order valence-electron chi connectivity index (χ4n) is 2.63. The molecule has 1 aromatic heterocycles. The van der Waals surface area contributed by atoms with E-state index in [1.165, 1.54) is 21.3 Å². The number of fused-ring (bicyclic) bond motifs is 1. The molecule has 0 atom stereocenters. The normalized spacial score (nSPS) is 10.8. The predicted octanol–water partition coefficient (Wildman–Crippen LogP) is 4.79. The first-order chi connectivity index (χ1) is 12.0. The van der Waals surface area contributed by atoms with Crippen molar-refractivity contribution in [1.82, 2.24) is 0 Å². The Morgan fingerprint density at radius 2 is 1.48 bits per heavy atom. The minimum absolute atomic E-state index is 0.198. The second-order valence-electron chi connectivity index (χ2n) is 5.11. The van der Waals surface area contributed by atoms with Crippen molar-refractivity contribution in [2.24, 2.45) is 0 Å². The highest BCUT2D eigenvalue weighted by atomic mass is 35.5. The van der Waals surface area contributed by atoms with E-state index in [1.807, 2.05) is 0 Å². The summed E-state index contributed by atoms with van der Waals surface area (Å²) in [5.74, 6) is 0.784. The van der Waals surface area contributed by atoms with E-state index >= 15 is 0 Å². The van der Waals surface area contributed by atoms with Gasteiger partial charge in [0, 0.05) is 5.02 Å². The molecule has 3 rings (SSSR count). The maximum atomic E-state index is 12.5. The average molecular weight is 381 g/mol. The van der Waals surface area contributed by atoms with E-state index in [0.717, 1.165) is 0 Å². The molecule has 0 aliphatic heterocycles. The Morgan fingerprint density at radius 3 is 2.04 bits per heavy atom. The lowest BCUT2D eigenvalue weighted by molar-refractivity contribution is 0.347. The third-order valence-corrected chi connectivity index (χ3v) is 4.37. The van der Waals surface area contributed by atoms with Crippen LogP contribution in [0.1, 0.15) is 0 Å². The Hall–Kier alpha value is -2.37. The lowest BCUT2D eigenvalue weighted by atomic mass is 10.1. The fraction of sp³-hybridized carbons (Fsp3) is 0.167. The van der Waals surface area contributed by atoms with E-state index in [0.29, 0.717) is 27.3 Å². The molecule has 0 saturated heterocycles. The zero-order valence-corrected chi connectivity index (χ0v) is 15.2. The van der Waals surface area contributed by atoms with Crippen LogP contribution in [-0.2, 0) is 0 Å². The molecule has 0 aliphatic carbocycles. The van der Waals surface area contributed by atoms with Crippen LogP contribution in [0.3, 0.4) is 0 Å². The summed E-state index contributed by atoms with van der Waals surface area (Å²) in [6, 6.07) is 8.50. The SMILES string of the molecule is COc1c(Cl)c(OC)c2cc(-c3ccc(Cl)cc3)c(=O)oc2c1OC. The summed E-state index contributed by atoms with van der Waals surface area (Å²) in [5.41, 5.74) is 0.682. The van der Waals surface area contributed by atoms with Crippen molar-refractivity contribution in [2.45, 2.75) is 0 Å². The van der Waals surface area contributed by atoms with Crippen LogP contribution in [0, 0.1) is 0 Å². The van der Waals surface area contributed by atoms with Crippen LogP contribution < -0.4 is 19.8 Å². The molecule has 0 N–H and O–H groups in total. The van der Waals surface area contributed by atoms with Gasteiger partial charge in [0.1, 0.15) is 5.02 Å². The fourth-order valence-corrected chi connectivity index (χ4v) is 3.10. The number of hydrogen-bond acceptors (Lipinski definition) is 5. The predicted molar refractivity (Wildman–Crippen MR) is 97.6 cm³/mol. The van der Waals surface area contributed by atoms with Gasteiger partial charge in [-0.15, -0.1) is 0 Å². The molecule has 5 nitrogen and oxygen atoms in total. The van der Waals surface area contributed by atoms with Gasteiger partial charge in [0.2, 0.25) is 5.75 Å². The Bertz CT molecular complexity index is 993. The summed E-state index contributed by atoms with van der Waals surface area (Å²) < 4.78 is 21.5. The third-order valence-electron chi connectivity index (χ3n) is 3.77. The third kappa shape index (κ3) is 2.90. The molecule has 0 radical (unpaired) electrons. The Morgan fingerprint density at radius 1 is 0.880 bits per heavy atom. The minimum Gasteiger partial charge on any atom is -0.494 e. The van der Waals surface area contributed by atoms with Crippen molar-refractivity contribution in [3.63, 3.8) is 0 Å². The van der Waals surface area contributed by atoms with Crippen molar-refractivity contribution < 1.29 is 18.6 Å². The summed E-state index contributed by atoms with van der Waals surface area (Å²) in [7, 11) is 4.35. The van der Waals surface area contributed by atoms with Gasteiger partial charge in [0.25, 0.3) is 0 Å². The maximum absolute atomic E-state index is 12.5. The number of methoxy groups -OCH3 is 3. The van der Waals surface area contributed by atoms with Gasteiger partial charge in [0.05, 0.1) is 32.3 Å². The topological polar surface area (TPSA) is 57.9 Å². The average Bonchev–Trinajstić information content (AvgIpc) is 2.61. The Labute approximate surface area is 153 Å². The van der Waals surface area contributed by atoms with Gasteiger partial charge < -0.3 is 18.6 Å². The van der Waals surface area contributed by atoms with E-state index in [9.17, 15) is 4.79 Å². The molecule has 0 amide bonds. The molecule has 1 heterocycles. The lowest BCUT2D eigenvalue weighted by Gasteiger charge is -2.15. The van der Waals surface area contributed by atoms with Gasteiger partial charge in [-0.1, -0.05) is 35.3 Å². The van der Waals surface area contributed by atoms with E-state index in [1.54, 1.807) is 30.3 Å². The molecule has 0 saturated carbocycles. The molecular weight excluding hydrogens is 367 g/mol. The number of halogens is 2. The van der Waals surface area contributed by atoms with Gasteiger partial charge in [0.15, 0.2) is 17.1 Å². The molecule has 130 valence electrons. The van der Waals surface area contributed by atoms with Crippen LogP contribution in [0.4, 0.5) is 0 Å². The van der Waals surface area contributed by atoms with Gasteiger partial charge in [-0.2, -0.15) is 0 Å². The molecular formula is C18H14Cl2O5. The smallest absolute Gasteiger partial charge is 0.344 e. The molecule has 0 fully saturated rings. The van der Waals surface area contributed by atoms with Crippen LogP contribution in [0.2, 0.25) is 10.0 Å². The maximum Gasteiger partial charge on any atom is 0.344 e. The molecule has 3 aromatic rings. The summed E-state index contributed by atoms with van der Waals surface area (Å²) in [5, 5.41) is 1.29. The zero-order valence-electron chi connectivity index (χ0n) is 13.7. The summed E-state index contributed by atoms with van der Waals surface area (Å²) in [6.45, 7) is 0. The molecule has 0 bridgehead atoms. The number of rotatable bonds is 4. The van der Waals surface area contributed by atoms with E-state index < -0.39 is 5.63 Å². The molecule has 0 unspecified atom stereocenters. The minimum atomic E-state index is -0.528. The standard InChI is InChI=1S/C18H14Cl2O5/c1-22-14-12-8-11(9-4-6-10(19)7-5-9)18(21)25-15(12)17(24-3)16(23-2)13(14)20/h4-8H,1-3H3. The van der Waals surface area contributed by atoms with E-state index in [-0.39, 0.29) is 22.1 Å². The second kappa shape index (κ2) is 6.86. The van der Waals surface area contributed by atoms with E-state index in [4.69, 9.17) is 41.8 Å². The lowest BCUT2D eigenvalue weighted by Crippen LogP contribution is -2.05. The van der Waals surface area contributed by atoms with Crippen molar-refractivity contribution >= 4 is 34.2 Å². The molecule has 0 aliphatic rings. The van der Waals surface area contributed by atoms with Gasteiger partial charge in [-0.25, -0.2) is 4.79 Å². The van der Waals surface area contributed by atoms with Gasteiger partial charge >= 0.3 is 5.63 Å². The first-order valence-corrected chi connectivity index (χ1v) is 7.98.